The van der Waals surface area contributed by atoms with Crippen molar-refractivity contribution in [2.75, 3.05) is 6.61 Å². The van der Waals surface area contributed by atoms with E-state index in [1.807, 2.05) is 12.1 Å². The molecule has 2 aromatic carbocycles. The fourth-order valence-corrected chi connectivity index (χ4v) is 3.70. The summed E-state index contributed by atoms with van der Waals surface area (Å²) in [4.78, 5) is 37.2. The van der Waals surface area contributed by atoms with Gasteiger partial charge in [-0.3, -0.25) is 4.79 Å². The Kier molecular flexibility index (Phi) is 4.82. The van der Waals surface area contributed by atoms with Crippen LogP contribution in [0.4, 0.5) is 0 Å². The number of hydrogen-bond acceptors (Lipinski definition) is 5. The van der Waals surface area contributed by atoms with Gasteiger partial charge >= 0.3 is 11.9 Å². The second-order valence-corrected chi connectivity index (χ2v) is 7.19. The van der Waals surface area contributed by atoms with E-state index in [4.69, 9.17) is 9.47 Å². The van der Waals surface area contributed by atoms with Crippen LogP contribution in [0.25, 0.3) is 0 Å². The van der Waals surface area contributed by atoms with Crippen LogP contribution in [-0.2, 0) is 14.3 Å². The van der Waals surface area contributed by atoms with Gasteiger partial charge in [0.25, 0.3) is 0 Å². The van der Waals surface area contributed by atoms with Gasteiger partial charge in [-0.15, -0.1) is 0 Å². The number of carbonyl (C=O) groups excluding carboxylic acids is 3. The zero-order valence-electron chi connectivity index (χ0n) is 15.2. The number of ketones is 1. The fraction of sp³-hybridized carbons (Fsp3) is 0.261. The molecule has 5 nitrogen and oxygen atoms in total. The summed E-state index contributed by atoms with van der Waals surface area (Å²) in [6.45, 7) is 0.0243. The molecule has 0 heterocycles. The van der Waals surface area contributed by atoms with E-state index in [1.165, 1.54) is 6.08 Å². The van der Waals surface area contributed by atoms with Gasteiger partial charge in [0.1, 0.15) is 6.10 Å². The Morgan fingerprint density at radius 3 is 2.04 bits per heavy atom. The maximum Gasteiger partial charge on any atom is 0.338 e. The van der Waals surface area contributed by atoms with Crippen molar-refractivity contribution in [1.82, 2.24) is 0 Å². The monoisotopic (exact) mass is 376 g/mol. The van der Waals surface area contributed by atoms with Gasteiger partial charge in [-0.25, -0.2) is 9.59 Å². The smallest absolute Gasteiger partial charge is 0.338 e. The van der Waals surface area contributed by atoms with E-state index in [0.29, 0.717) is 24.0 Å². The van der Waals surface area contributed by atoms with Crippen LogP contribution in [0.15, 0.2) is 72.8 Å². The van der Waals surface area contributed by atoms with E-state index in [-0.39, 0.29) is 18.3 Å². The number of carbonyl (C=O) groups is 3. The summed E-state index contributed by atoms with van der Waals surface area (Å²) < 4.78 is 11.2. The Bertz CT molecular complexity index is 913. The Morgan fingerprint density at radius 2 is 1.46 bits per heavy atom. The Balaban J connectivity index is 1.50. The molecule has 0 unspecified atom stereocenters. The van der Waals surface area contributed by atoms with Crippen LogP contribution >= 0.6 is 0 Å². The molecule has 1 spiro atoms. The van der Waals surface area contributed by atoms with Crippen molar-refractivity contribution in [3.05, 3.63) is 83.9 Å². The van der Waals surface area contributed by atoms with Gasteiger partial charge in [-0.05, 0) is 49.3 Å². The average molecular weight is 376 g/mol. The number of benzene rings is 2. The highest BCUT2D eigenvalue weighted by Gasteiger charge is 2.59. The molecule has 28 heavy (non-hydrogen) atoms. The van der Waals surface area contributed by atoms with Crippen molar-refractivity contribution < 1.29 is 23.9 Å². The Hall–Kier alpha value is -3.21. The predicted molar refractivity (Wildman–Crippen MR) is 102 cm³/mol. The summed E-state index contributed by atoms with van der Waals surface area (Å²) in [7, 11) is 0. The first-order chi connectivity index (χ1) is 13.6. The Morgan fingerprint density at radius 1 is 0.893 bits per heavy atom. The molecule has 142 valence electrons. The van der Waals surface area contributed by atoms with E-state index in [2.05, 4.69) is 0 Å². The van der Waals surface area contributed by atoms with Crippen LogP contribution in [0.3, 0.4) is 0 Å². The molecule has 1 fully saturated rings. The third kappa shape index (κ3) is 3.48. The van der Waals surface area contributed by atoms with Crippen molar-refractivity contribution >= 4 is 17.7 Å². The van der Waals surface area contributed by atoms with Crippen LogP contribution in [0.2, 0.25) is 0 Å². The number of allylic oxidation sites excluding steroid dienone is 1. The molecule has 0 aliphatic heterocycles. The van der Waals surface area contributed by atoms with Gasteiger partial charge in [0.2, 0.25) is 0 Å². The first kappa shape index (κ1) is 18.2. The number of hydrogen-bond donors (Lipinski definition) is 0. The minimum absolute atomic E-state index is 0.0141. The molecular weight excluding hydrogens is 356 g/mol. The topological polar surface area (TPSA) is 69.7 Å². The molecule has 0 aromatic heterocycles. The normalized spacial score (nSPS) is 21.9. The lowest BCUT2D eigenvalue weighted by atomic mass is 9.77. The summed E-state index contributed by atoms with van der Waals surface area (Å²) in [6, 6.07) is 17.4. The predicted octanol–water partition coefficient (Wildman–Crippen LogP) is 3.60. The molecule has 0 bridgehead atoms. The van der Waals surface area contributed by atoms with Crippen LogP contribution in [0.1, 0.15) is 33.6 Å². The molecule has 0 radical (unpaired) electrons. The standard InChI is InChI=1S/C23H20O5/c24-20-12-11-19(28-22(26)17-9-5-2-6-10-17)18(23(20)13-14-23)15-27-21(25)16-7-3-1-4-8-16/h1-12,18-19H,13-15H2/t18-,19+/m1/s1. The first-order valence-corrected chi connectivity index (χ1v) is 9.31. The number of rotatable bonds is 5. The van der Waals surface area contributed by atoms with Crippen molar-refractivity contribution in [1.29, 1.82) is 0 Å². The van der Waals surface area contributed by atoms with Crippen molar-refractivity contribution in [2.24, 2.45) is 11.3 Å². The van der Waals surface area contributed by atoms with E-state index in [9.17, 15) is 14.4 Å². The SMILES string of the molecule is O=C(OC[C@@H]1[C@@H](OC(=O)c2ccccc2)C=CC(=O)C12CC2)c1ccccc1. The van der Waals surface area contributed by atoms with Crippen molar-refractivity contribution in [3.8, 4) is 0 Å². The highest BCUT2D eigenvalue weighted by molar-refractivity contribution is 5.98. The summed E-state index contributed by atoms with van der Waals surface area (Å²) >= 11 is 0. The molecule has 2 aliphatic rings. The van der Waals surface area contributed by atoms with Gasteiger partial charge in [0, 0.05) is 11.3 Å². The van der Waals surface area contributed by atoms with Crippen LogP contribution < -0.4 is 0 Å². The number of ether oxygens (including phenoxy) is 2. The van der Waals surface area contributed by atoms with Gasteiger partial charge in [-0.1, -0.05) is 36.4 Å². The first-order valence-electron chi connectivity index (χ1n) is 9.31. The Labute approximate surface area is 163 Å². The van der Waals surface area contributed by atoms with E-state index >= 15 is 0 Å². The second kappa shape index (κ2) is 7.43. The number of esters is 2. The molecule has 0 saturated heterocycles. The van der Waals surface area contributed by atoms with Gasteiger partial charge in [-0.2, -0.15) is 0 Å². The molecule has 0 N–H and O–H groups in total. The molecule has 2 aliphatic carbocycles. The lowest BCUT2D eigenvalue weighted by molar-refractivity contribution is -0.125. The summed E-state index contributed by atoms with van der Waals surface area (Å²) in [5.74, 6) is -1.28. The summed E-state index contributed by atoms with van der Waals surface area (Å²) in [5.41, 5.74) is 0.299. The lowest BCUT2D eigenvalue weighted by Crippen LogP contribution is -2.42. The van der Waals surface area contributed by atoms with Crippen LogP contribution in [-0.4, -0.2) is 30.4 Å². The van der Waals surface area contributed by atoms with Gasteiger partial charge in [0.05, 0.1) is 17.7 Å². The zero-order valence-corrected chi connectivity index (χ0v) is 15.2. The van der Waals surface area contributed by atoms with Crippen LogP contribution in [0.5, 0.6) is 0 Å². The van der Waals surface area contributed by atoms with Crippen molar-refractivity contribution in [2.45, 2.75) is 18.9 Å². The van der Waals surface area contributed by atoms with E-state index < -0.39 is 23.5 Å². The zero-order chi connectivity index (χ0) is 19.6. The quantitative estimate of drug-likeness (QED) is 0.746. The second-order valence-electron chi connectivity index (χ2n) is 7.19. The van der Waals surface area contributed by atoms with Gasteiger partial charge < -0.3 is 9.47 Å². The summed E-state index contributed by atoms with van der Waals surface area (Å²) in [6.07, 6.45) is 3.90. The maximum atomic E-state index is 12.5. The highest BCUT2D eigenvalue weighted by Crippen LogP contribution is 2.56. The third-order valence-corrected chi connectivity index (χ3v) is 5.48. The summed E-state index contributed by atoms with van der Waals surface area (Å²) in [5, 5.41) is 0. The molecule has 2 aromatic rings. The van der Waals surface area contributed by atoms with Crippen molar-refractivity contribution in [3.63, 3.8) is 0 Å². The molecule has 4 rings (SSSR count). The maximum absolute atomic E-state index is 12.5. The van der Waals surface area contributed by atoms with E-state index in [0.717, 1.165) is 0 Å². The van der Waals surface area contributed by atoms with Crippen LogP contribution in [0, 0.1) is 11.3 Å². The molecule has 2 atom stereocenters. The molecule has 1 saturated carbocycles. The minimum atomic E-state index is -0.614. The highest BCUT2D eigenvalue weighted by atomic mass is 16.6. The minimum Gasteiger partial charge on any atom is -0.462 e. The molecule has 5 heteroatoms. The fourth-order valence-electron chi connectivity index (χ4n) is 3.70. The molecular formula is C23H20O5. The molecule has 0 amide bonds. The van der Waals surface area contributed by atoms with Gasteiger partial charge in [0.15, 0.2) is 5.78 Å². The van der Waals surface area contributed by atoms with E-state index in [1.54, 1.807) is 54.6 Å². The third-order valence-electron chi connectivity index (χ3n) is 5.48. The largest absolute Gasteiger partial charge is 0.462 e. The average Bonchev–Trinajstić information content (AvgIpc) is 3.53. The lowest BCUT2D eigenvalue weighted by Gasteiger charge is -2.33.